The van der Waals surface area contributed by atoms with Crippen molar-refractivity contribution >= 4 is 28.9 Å². The van der Waals surface area contributed by atoms with Crippen LogP contribution in [-0.2, 0) is 0 Å². The van der Waals surface area contributed by atoms with E-state index >= 15 is 0 Å². The monoisotopic (exact) mass is 300 g/mol. The minimum atomic E-state index is -0.524. The van der Waals surface area contributed by atoms with Crippen LogP contribution >= 0.6 is 11.6 Å². The van der Waals surface area contributed by atoms with Gasteiger partial charge in [0.15, 0.2) is 0 Å². The van der Waals surface area contributed by atoms with Gasteiger partial charge in [0, 0.05) is 16.4 Å². The second kappa shape index (κ2) is 4.78. The number of para-hydroxylation sites is 1. The highest BCUT2D eigenvalue weighted by Gasteiger charge is 2.38. The average molecular weight is 301 g/mol. The van der Waals surface area contributed by atoms with Gasteiger partial charge in [0.05, 0.1) is 5.56 Å². The highest BCUT2D eigenvalue weighted by atomic mass is 35.5. The van der Waals surface area contributed by atoms with Crippen LogP contribution in [0.3, 0.4) is 0 Å². The number of benzene rings is 2. The third-order valence-electron chi connectivity index (χ3n) is 3.77. The molecule has 0 saturated heterocycles. The van der Waals surface area contributed by atoms with Gasteiger partial charge in [-0.3, -0.25) is 9.69 Å². The van der Waals surface area contributed by atoms with Crippen molar-refractivity contribution in [3.8, 4) is 0 Å². The molecule has 1 aliphatic heterocycles. The van der Waals surface area contributed by atoms with Crippen LogP contribution in [0.25, 0.3) is 0 Å². The van der Waals surface area contributed by atoms with E-state index in [1.807, 2.05) is 63.2 Å². The first-order valence-corrected chi connectivity index (χ1v) is 7.26. The number of amides is 1. The van der Waals surface area contributed by atoms with E-state index < -0.39 is 5.66 Å². The lowest BCUT2D eigenvalue weighted by Gasteiger charge is -2.44. The summed E-state index contributed by atoms with van der Waals surface area (Å²) in [7, 11) is 0. The van der Waals surface area contributed by atoms with Crippen LogP contribution in [0.5, 0.6) is 0 Å². The molecule has 1 heterocycles. The van der Waals surface area contributed by atoms with E-state index in [2.05, 4.69) is 5.32 Å². The summed E-state index contributed by atoms with van der Waals surface area (Å²) in [6.07, 6.45) is 0. The van der Waals surface area contributed by atoms with Crippen LogP contribution < -0.4 is 10.2 Å². The van der Waals surface area contributed by atoms with Gasteiger partial charge in [-0.05, 0) is 50.6 Å². The van der Waals surface area contributed by atoms with Crippen LogP contribution in [0.2, 0.25) is 5.02 Å². The van der Waals surface area contributed by atoms with Crippen molar-refractivity contribution in [3.05, 3.63) is 58.6 Å². The maximum atomic E-state index is 12.9. The molecule has 0 radical (unpaired) electrons. The highest BCUT2D eigenvalue weighted by molar-refractivity contribution is 6.31. The number of carbonyl (C=O) groups excluding carboxylic acids is 1. The summed E-state index contributed by atoms with van der Waals surface area (Å²) in [5.74, 6) is -0.0192. The fourth-order valence-electron chi connectivity index (χ4n) is 2.70. The zero-order valence-electron chi connectivity index (χ0n) is 12.3. The molecule has 0 saturated carbocycles. The van der Waals surface area contributed by atoms with E-state index in [9.17, 15) is 4.79 Å². The molecule has 3 rings (SSSR count). The van der Waals surface area contributed by atoms with Gasteiger partial charge in [0.25, 0.3) is 5.91 Å². The number of hydrogen-bond donors (Lipinski definition) is 1. The van der Waals surface area contributed by atoms with Crippen LogP contribution in [0.4, 0.5) is 11.4 Å². The van der Waals surface area contributed by atoms with Gasteiger partial charge in [-0.15, -0.1) is 0 Å². The van der Waals surface area contributed by atoms with Crippen LogP contribution in [0.1, 0.15) is 29.8 Å². The van der Waals surface area contributed by atoms with Crippen LogP contribution in [0.15, 0.2) is 42.5 Å². The summed E-state index contributed by atoms with van der Waals surface area (Å²) in [5, 5.41) is 4.07. The number of anilines is 2. The number of aryl methyl sites for hydroxylation is 1. The Bertz CT molecular complexity index is 724. The number of nitrogens with one attached hydrogen (secondary N) is 1. The third kappa shape index (κ3) is 2.28. The molecule has 3 nitrogen and oxygen atoms in total. The fraction of sp³-hybridized carbons (Fsp3) is 0.235. The molecule has 0 bridgehead atoms. The summed E-state index contributed by atoms with van der Waals surface area (Å²) in [5.41, 5.74) is 2.80. The average Bonchev–Trinajstić information content (AvgIpc) is 2.42. The van der Waals surface area contributed by atoms with E-state index in [0.717, 1.165) is 16.9 Å². The second-order valence-electron chi connectivity index (χ2n) is 5.80. The van der Waals surface area contributed by atoms with Gasteiger partial charge in [0.2, 0.25) is 0 Å². The Morgan fingerprint density at radius 1 is 1.14 bits per heavy atom. The molecule has 0 unspecified atom stereocenters. The Kier molecular flexibility index (Phi) is 3.18. The van der Waals surface area contributed by atoms with Crippen LogP contribution in [0, 0.1) is 6.92 Å². The molecule has 0 atom stereocenters. The van der Waals surface area contributed by atoms with E-state index in [4.69, 9.17) is 11.6 Å². The number of carbonyl (C=O) groups is 1. The van der Waals surface area contributed by atoms with Crippen molar-refractivity contribution in [3.63, 3.8) is 0 Å². The lowest BCUT2D eigenvalue weighted by Crippen LogP contribution is -2.56. The molecule has 0 aliphatic carbocycles. The molecule has 108 valence electrons. The SMILES string of the molecule is Cc1ccc(N2C(=O)c3ccccc3NC2(C)C)cc1Cl. The minimum Gasteiger partial charge on any atom is -0.362 e. The zero-order valence-corrected chi connectivity index (χ0v) is 13.0. The van der Waals surface area contributed by atoms with Crippen molar-refractivity contribution in [1.82, 2.24) is 0 Å². The van der Waals surface area contributed by atoms with E-state index in [1.54, 1.807) is 4.90 Å². The number of nitrogens with zero attached hydrogens (tertiary/aromatic N) is 1. The molecule has 1 amide bonds. The Morgan fingerprint density at radius 3 is 2.57 bits per heavy atom. The predicted molar refractivity (Wildman–Crippen MR) is 87.1 cm³/mol. The van der Waals surface area contributed by atoms with E-state index in [1.165, 1.54) is 0 Å². The summed E-state index contributed by atoms with van der Waals surface area (Å²) in [6.45, 7) is 5.91. The number of rotatable bonds is 1. The molecular weight excluding hydrogens is 284 g/mol. The minimum absolute atomic E-state index is 0.0192. The van der Waals surface area contributed by atoms with Gasteiger partial charge in [-0.25, -0.2) is 0 Å². The van der Waals surface area contributed by atoms with Crippen molar-refractivity contribution in [2.45, 2.75) is 26.4 Å². The largest absolute Gasteiger partial charge is 0.362 e. The molecule has 0 spiro atoms. The van der Waals surface area contributed by atoms with Gasteiger partial charge >= 0.3 is 0 Å². The smallest absolute Gasteiger partial charge is 0.262 e. The van der Waals surface area contributed by atoms with Gasteiger partial charge in [-0.1, -0.05) is 29.8 Å². The molecule has 21 heavy (non-hydrogen) atoms. The quantitative estimate of drug-likeness (QED) is 0.843. The maximum absolute atomic E-state index is 12.9. The van der Waals surface area contributed by atoms with Gasteiger partial charge in [-0.2, -0.15) is 0 Å². The molecule has 2 aromatic carbocycles. The highest BCUT2D eigenvalue weighted by Crippen LogP contribution is 2.36. The summed E-state index contributed by atoms with van der Waals surface area (Å²) in [6, 6.07) is 13.3. The number of hydrogen-bond acceptors (Lipinski definition) is 2. The standard InChI is InChI=1S/C17H17ClN2O/c1-11-8-9-12(10-14(11)18)20-16(21)13-6-4-5-7-15(13)19-17(20,2)3/h4-10,19H,1-3H3. The number of halogens is 1. The topological polar surface area (TPSA) is 32.3 Å². The van der Waals surface area contributed by atoms with Crippen molar-refractivity contribution < 1.29 is 4.79 Å². The normalized spacial score (nSPS) is 16.4. The van der Waals surface area contributed by atoms with Gasteiger partial charge < -0.3 is 5.32 Å². The summed E-state index contributed by atoms with van der Waals surface area (Å²) >= 11 is 6.22. The lowest BCUT2D eigenvalue weighted by molar-refractivity contribution is 0.0961. The van der Waals surface area contributed by atoms with Crippen molar-refractivity contribution in [2.75, 3.05) is 10.2 Å². The Morgan fingerprint density at radius 2 is 1.86 bits per heavy atom. The Hall–Kier alpha value is -2.00. The third-order valence-corrected chi connectivity index (χ3v) is 4.18. The molecule has 0 aromatic heterocycles. The first-order valence-electron chi connectivity index (χ1n) is 6.88. The first kappa shape index (κ1) is 14.0. The second-order valence-corrected chi connectivity index (χ2v) is 6.21. The summed E-state index contributed by atoms with van der Waals surface area (Å²) < 4.78 is 0. The predicted octanol–water partition coefficient (Wildman–Crippen LogP) is 4.46. The first-order chi connectivity index (χ1) is 9.90. The molecule has 1 N–H and O–H groups in total. The van der Waals surface area contributed by atoms with Crippen LogP contribution in [-0.4, -0.2) is 11.6 Å². The maximum Gasteiger partial charge on any atom is 0.262 e. The van der Waals surface area contributed by atoms with E-state index in [0.29, 0.717) is 10.6 Å². The van der Waals surface area contributed by atoms with Crippen molar-refractivity contribution in [2.24, 2.45) is 0 Å². The zero-order chi connectivity index (χ0) is 15.2. The molecule has 2 aromatic rings. The number of fused-ring (bicyclic) bond motifs is 1. The molecule has 4 heteroatoms. The van der Waals surface area contributed by atoms with Gasteiger partial charge in [0.1, 0.15) is 5.66 Å². The fourth-order valence-corrected chi connectivity index (χ4v) is 2.87. The Balaban J connectivity index is 2.13. The molecule has 1 aliphatic rings. The summed E-state index contributed by atoms with van der Waals surface area (Å²) in [4.78, 5) is 14.6. The van der Waals surface area contributed by atoms with E-state index in [-0.39, 0.29) is 5.91 Å². The lowest BCUT2D eigenvalue weighted by atomic mass is 10.0. The van der Waals surface area contributed by atoms with Crippen molar-refractivity contribution in [1.29, 1.82) is 0 Å². The molecule has 0 fully saturated rings. The molecular formula is C17H17ClN2O. The Labute approximate surface area is 129 Å².